The van der Waals surface area contributed by atoms with Crippen molar-refractivity contribution in [3.05, 3.63) is 48.0 Å². The molecule has 4 heterocycles. The van der Waals surface area contributed by atoms with Crippen molar-refractivity contribution in [2.45, 2.75) is 49.8 Å². The van der Waals surface area contributed by atoms with Gasteiger partial charge >= 0.3 is 21.1 Å². The number of likely N-dealkylation sites (tertiary alicyclic amines) is 1. The van der Waals surface area contributed by atoms with Crippen LogP contribution in [0.4, 0.5) is 4.79 Å². The second-order valence-corrected chi connectivity index (χ2v) is 10.7. The van der Waals surface area contributed by atoms with Crippen LogP contribution in [0.3, 0.4) is 0 Å². The van der Waals surface area contributed by atoms with E-state index in [2.05, 4.69) is 5.32 Å². The molecule has 0 saturated carbocycles. The molecule has 0 aliphatic carbocycles. The number of pyridine rings is 1. The number of ether oxygens (including phenoxy) is 1. The SMILES string of the molecule is CC(C)CC(NC(=O)Oc1ccco1)C(=O)N1CCC2C1C(=O)CN2S(=O)(=O)c1cccc[n+]1[O-]. The Labute approximate surface area is 202 Å². The van der Waals surface area contributed by atoms with E-state index < -0.39 is 57.5 Å². The Hall–Kier alpha value is -3.45. The normalized spacial score (nSPS) is 21.2. The zero-order valence-corrected chi connectivity index (χ0v) is 20.0. The third-order valence-electron chi connectivity index (χ3n) is 6.01. The van der Waals surface area contributed by atoms with Crippen molar-refractivity contribution in [2.24, 2.45) is 5.92 Å². The average Bonchev–Trinajstić information content (AvgIpc) is 3.52. The number of fused-ring (bicyclic) bond motifs is 1. The van der Waals surface area contributed by atoms with Crippen molar-refractivity contribution < 1.29 is 36.7 Å². The molecule has 13 heteroatoms. The van der Waals surface area contributed by atoms with Gasteiger partial charge in [0, 0.05) is 24.7 Å². The van der Waals surface area contributed by atoms with Gasteiger partial charge in [-0.1, -0.05) is 13.8 Å². The van der Waals surface area contributed by atoms with Crippen LogP contribution in [-0.2, 0) is 19.6 Å². The average molecular weight is 507 g/mol. The molecule has 0 bridgehead atoms. The maximum Gasteiger partial charge on any atom is 0.415 e. The van der Waals surface area contributed by atoms with Gasteiger partial charge in [-0.05, 0) is 30.9 Å². The summed E-state index contributed by atoms with van der Waals surface area (Å²) in [6, 6.07) is 4.18. The number of amides is 2. The summed E-state index contributed by atoms with van der Waals surface area (Å²) < 4.78 is 37.6. The molecule has 12 nitrogen and oxygen atoms in total. The topological polar surface area (TPSA) is 153 Å². The van der Waals surface area contributed by atoms with E-state index in [0.29, 0.717) is 0 Å². The Morgan fingerprint density at radius 1 is 1.29 bits per heavy atom. The summed E-state index contributed by atoms with van der Waals surface area (Å²) in [5.74, 6) is -0.969. The zero-order valence-electron chi connectivity index (χ0n) is 19.2. The van der Waals surface area contributed by atoms with Crippen LogP contribution in [0, 0.1) is 11.1 Å². The first-order chi connectivity index (χ1) is 16.6. The Morgan fingerprint density at radius 2 is 2.06 bits per heavy atom. The molecule has 2 amide bonds. The molecule has 2 aromatic heterocycles. The third kappa shape index (κ3) is 4.86. The number of Topliss-reactive ketones (excluding diaryl/α,β-unsaturated/α-hetero) is 1. The lowest BCUT2D eigenvalue weighted by Gasteiger charge is -2.28. The molecule has 2 aliphatic heterocycles. The maximum atomic E-state index is 13.4. The van der Waals surface area contributed by atoms with Crippen molar-refractivity contribution in [2.75, 3.05) is 13.1 Å². The summed E-state index contributed by atoms with van der Waals surface area (Å²) in [7, 11) is -4.27. The largest absolute Gasteiger partial charge is 0.618 e. The summed E-state index contributed by atoms with van der Waals surface area (Å²) >= 11 is 0. The minimum Gasteiger partial charge on any atom is -0.618 e. The lowest BCUT2D eigenvalue weighted by atomic mass is 10.0. The monoisotopic (exact) mass is 506 g/mol. The molecule has 2 saturated heterocycles. The Kier molecular flexibility index (Phi) is 6.81. The molecule has 0 aromatic carbocycles. The minimum absolute atomic E-state index is 0.0213. The molecule has 3 unspecified atom stereocenters. The second-order valence-electron chi connectivity index (χ2n) is 8.86. The first kappa shape index (κ1) is 24.7. The highest BCUT2D eigenvalue weighted by molar-refractivity contribution is 7.89. The first-order valence-electron chi connectivity index (χ1n) is 11.1. The molecule has 2 aromatic rings. The quantitative estimate of drug-likeness (QED) is 0.424. The fourth-order valence-electron chi connectivity index (χ4n) is 4.55. The first-order valence-corrected chi connectivity index (χ1v) is 12.6. The van der Waals surface area contributed by atoms with E-state index in [1.54, 1.807) is 6.07 Å². The molecule has 188 valence electrons. The zero-order chi connectivity index (χ0) is 25.3. The van der Waals surface area contributed by atoms with Gasteiger partial charge in [0.2, 0.25) is 5.91 Å². The number of furan rings is 1. The highest BCUT2D eigenvalue weighted by Crippen LogP contribution is 2.34. The molecule has 0 spiro atoms. The number of hydrogen-bond donors (Lipinski definition) is 1. The van der Waals surface area contributed by atoms with Gasteiger partial charge in [0.25, 0.3) is 5.95 Å². The summed E-state index contributed by atoms with van der Waals surface area (Å²) in [6.45, 7) is 3.43. The van der Waals surface area contributed by atoms with E-state index in [9.17, 15) is 28.0 Å². The van der Waals surface area contributed by atoms with Gasteiger partial charge in [-0.25, -0.2) is 13.2 Å². The predicted octanol–water partition coefficient (Wildman–Crippen LogP) is 0.659. The van der Waals surface area contributed by atoms with Gasteiger partial charge in [0.05, 0.1) is 18.8 Å². The van der Waals surface area contributed by atoms with E-state index in [1.807, 2.05) is 13.8 Å². The Morgan fingerprint density at radius 3 is 2.71 bits per heavy atom. The highest BCUT2D eigenvalue weighted by atomic mass is 32.2. The van der Waals surface area contributed by atoms with E-state index in [1.165, 1.54) is 35.4 Å². The van der Waals surface area contributed by atoms with Gasteiger partial charge in [0.1, 0.15) is 12.1 Å². The van der Waals surface area contributed by atoms with Gasteiger partial charge in [-0.2, -0.15) is 9.04 Å². The van der Waals surface area contributed by atoms with Crippen LogP contribution in [0.25, 0.3) is 0 Å². The number of nitrogens with zero attached hydrogens (tertiary/aromatic N) is 3. The molecule has 1 N–H and O–H groups in total. The molecule has 35 heavy (non-hydrogen) atoms. The number of hydrogen-bond acceptors (Lipinski definition) is 8. The molecule has 0 radical (unpaired) electrons. The van der Waals surface area contributed by atoms with E-state index in [4.69, 9.17) is 9.15 Å². The number of ketones is 1. The van der Waals surface area contributed by atoms with Crippen LogP contribution in [-0.4, -0.2) is 66.6 Å². The number of carbonyl (C=O) groups is 3. The number of rotatable bonds is 7. The smallest absolute Gasteiger partial charge is 0.415 e. The number of aromatic nitrogens is 1. The number of carbonyl (C=O) groups excluding carboxylic acids is 3. The Bertz CT molecular complexity index is 1210. The van der Waals surface area contributed by atoms with Crippen LogP contribution >= 0.6 is 0 Å². The number of nitrogens with one attached hydrogen (secondary N) is 1. The molecular weight excluding hydrogens is 480 g/mol. The van der Waals surface area contributed by atoms with Crippen molar-refractivity contribution in [3.8, 4) is 5.95 Å². The fraction of sp³-hybridized carbons (Fsp3) is 0.455. The lowest BCUT2D eigenvalue weighted by Crippen LogP contribution is -2.53. The molecular formula is C22H26N4O8S. The predicted molar refractivity (Wildman–Crippen MR) is 119 cm³/mol. The Balaban J connectivity index is 1.53. The van der Waals surface area contributed by atoms with E-state index in [0.717, 1.165) is 10.5 Å². The molecule has 2 aliphatic rings. The van der Waals surface area contributed by atoms with Crippen molar-refractivity contribution in [1.82, 2.24) is 14.5 Å². The van der Waals surface area contributed by atoms with Crippen LogP contribution in [0.15, 0.2) is 52.2 Å². The van der Waals surface area contributed by atoms with Gasteiger partial charge in [0.15, 0.2) is 12.0 Å². The van der Waals surface area contributed by atoms with Crippen LogP contribution in [0.1, 0.15) is 26.7 Å². The molecule has 3 atom stereocenters. The number of sulfonamides is 1. The summed E-state index contributed by atoms with van der Waals surface area (Å²) in [5.41, 5.74) is 0. The second kappa shape index (κ2) is 9.66. The summed E-state index contributed by atoms with van der Waals surface area (Å²) in [6.07, 6.45) is 2.01. The van der Waals surface area contributed by atoms with Gasteiger partial charge < -0.3 is 24.6 Å². The third-order valence-corrected chi connectivity index (χ3v) is 7.87. The van der Waals surface area contributed by atoms with Crippen molar-refractivity contribution in [3.63, 3.8) is 0 Å². The van der Waals surface area contributed by atoms with E-state index in [-0.39, 0.29) is 36.0 Å². The van der Waals surface area contributed by atoms with Crippen LogP contribution in [0.5, 0.6) is 5.95 Å². The molecule has 4 rings (SSSR count). The fourth-order valence-corrected chi connectivity index (χ4v) is 6.20. The maximum absolute atomic E-state index is 13.4. The van der Waals surface area contributed by atoms with Gasteiger partial charge in [-0.15, -0.1) is 0 Å². The van der Waals surface area contributed by atoms with Crippen LogP contribution < -0.4 is 14.8 Å². The standard InChI is InChI=1S/C22H26N4O8S/c1-14(2)12-15(23-22(29)34-19-7-5-11-33-19)21(28)24-10-8-16-20(24)17(27)13-26(16)35(31,32)18-6-3-4-9-25(18)30/h3-7,9,11,14-16,20H,8,10,12-13H2,1-2H3,(H,23,29). The van der Waals surface area contributed by atoms with Crippen LogP contribution in [0.2, 0.25) is 0 Å². The van der Waals surface area contributed by atoms with E-state index >= 15 is 0 Å². The summed E-state index contributed by atoms with van der Waals surface area (Å²) in [5, 5.41) is 14.1. The minimum atomic E-state index is -4.27. The van der Waals surface area contributed by atoms with Crippen molar-refractivity contribution in [1.29, 1.82) is 0 Å². The van der Waals surface area contributed by atoms with Crippen molar-refractivity contribution >= 4 is 27.8 Å². The van der Waals surface area contributed by atoms with Gasteiger partial charge in [-0.3, -0.25) is 9.59 Å². The molecule has 2 fully saturated rings. The summed E-state index contributed by atoms with van der Waals surface area (Å²) in [4.78, 5) is 40.0. The highest BCUT2D eigenvalue weighted by Gasteiger charge is 2.55. The lowest BCUT2D eigenvalue weighted by molar-refractivity contribution is -0.646.